The first kappa shape index (κ1) is 16.2. The summed E-state index contributed by atoms with van der Waals surface area (Å²) in [5.41, 5.74) is 3.27. The molecule has 0 radical (unpaired) electrons. The Morgan fingerprint density at radius 2 is 1.95 bits per heavy atom. The van der Waals surface area contributed by atoms with Crippen molar-refractivity contribution in [3.05, 3.63) is 35.5 Å². The fourth-order valence-electron chi connectivity index (χ4n) is 2.33. The van der Waals surface area contributed by atoms with E-state index in [2.05, 4.69) is 37.9 Å². The molecule has 0 aromatic carbocycles. The van der Waals surface area contributed by atoms with Crippen molar-refractivity contribution in [3.8, 4) is 0 Å². The summed E-state index contributed by atoms with van der Waals surface area (Å²) in [7, 11) is 0. The van der Waals surface area contributed by atoms with Crippen LogP contribution >= 0.6 is 0 Å². The van der Waals surface area contributed by atoms with E-state index in [-0.39, 0.29) is 6.04 Å². The van der Waals surface area contributed by atoms with Crippen LogP contribution < -0.4 is 5.32 Å². The number of nitrogens with one attached hydrogen (secondary N) is 1. The summed E-state index contributed by atoms with van der Waals surface area (Å²) in [4.78, 5) is 0. The van der Waals surface area contributed by atoms with Crippen LogP contribution in [0.15, 0.2) is 35.5 Å². The smallest absolute Gasteiger partial charge is 0.131 e. The summed E-state index contributed by atoms with van der Waals surface area (Å²) in [5, 5.41) is 13.6. The van der Waals surface area contributed by atoms with Crippen LogP contribution in [0, 0.1) is 5.92 Å². The van der Waals surface area contributed by atoms with Crippen LogP contribution in [0.3, 0.4) is 0 Å². The van der Waals surface area contributed by atoms with Gasteiger partial charge in [0.15, 0.2) is 0 Å². The highest BCUT2D eigenvalue weighted by Crippen LogP contribution is 2.22. The second-order valence-electron chi connectivity index (χ2n) is 5.94. The van der Waals surface area contributed by atoms with Crippen molar-refractivity contribution in [2.24, 2.45) is 5.92 Å². The van der Waals surface area contributed by atoms with Crippen molar-refractivity contribution >= 4 is 0 Å². The predicted molar refractivity (Wildman–Crippen MR) is 82.9 cm³/mol. The Labute approximate surface area is 118 Å². The van der Waals surface area contributed by atoms with Crippen molar-refractivity contribution in [2.75, 3.05) is 0 Å². The minimum Gasteiger partial charge on any atom is -0.374 e. The topological polar surface area (TPSA) is 32.3 Å². The van der Waals surface area contributed by atoms with Crippen molar-refractivity contribution in [2.45, 2.75) is 65.6 Å². The van der Waals surface area contributed by atoms with Gasteiger partial charge in [0.2, 0.25) is 0 Å². The third-order valence-corrected chi connectivity index (χ3v) is 4.03. The maximum absolute atomic E-state index is 10.4. The average Bonchev–Trinajstić information content (AvgIpc) is 2.40. The molecule has 19 heavy (non-hydrogen) atoms. The van der Waals surface area contributed by atoms with Gasteiger partial charge >= 0.3 is 0 Å². The molecule has 0 amide bonds. The van der Waals surface area contributed by atoms with Gasteiger partial charge in [0.1, 0.15) is 6.23 Å². The monoisotopic (exact) mass is 263 g/mol. The van der Waals surface area contributed by atoms with Crippen molar-refractivity contribution in [1.82, 2.24) is 5.32 Å². The van der Waals surface area contributed by atoms with Crippen LogP contribution in [0.4, 0.5) is 0 Å². The Bertz CT molecular complexity index is 367. The highest BCUT2D eigenvalue weighted by atomic mass is 16.3. The minimum atomic E-state index is -0.601. The lowest BCUT2D eigenvalue weighted by atomic mass is 10.0. The first-order valence-corrected chi connectivity index (χ1v) is 7.38. The molecule has 0 aliphatic heterocycles. The van der Waals surface area contributed by atoms with Gasteiger partial charge in [-0.2, -0.15) is 0 Å². The van der Waals surface area contributed by atoms with Crippen molar-refractivity contribution in [3.63, 3.8) is 0 Å². The summed E-state index contributed by atoms with van der Waals surface area (Å²) in [6.07, 6.45) is 8.43. The molecule has 0 aromatic heterocycles. The molecular formula is C17H29NO. The molecule has 108 valence electrons. The number of rotatable bonds is 4. The van der Waals surface area contributed by atoms with Gasteiger partial charge in [0.25, 0.3) is 0 Å². The molecule has 2 N–H and O–H groups in total. The normalized spacial score (nSPS) is 29.8. The Morgan fingerprint density at radius 1 is 1.37 bits per heavy atom. The Kier molecular flexibility index (Phi) is 6.53. The van der Waals surface area contributed by atoms with E-state index in [4.69, 9.17) is 0 Å². The SMILES string of the molecule is C=C(C)C(C)NC(O)C1=C/CCC(C)CC\C=C\1C. The second kappa shape index (κ2) is 7.66. The van der Waals surface area contributed by atoms with E-state index in [0.29, 0.717) is 0 Å². The lowest BCUT2D eigenvalue weighted by Crippen LogP contribution is -2.38. The largest absolute Gasteiger partial charge is 0.374 e. The fraction of sp³-hybridized carbons (Fsp3) is 0.647. The lowest BCUT2D eigenvalue weighted by molar-refractivity contribution is 0.166. The minimum absolute atomic E-state index is 0.121. The molecule has 0 heterocycles. The fourth-order valence-corrected chi connectivity index (χ4v) is 2.33. The molecule has 2 nitrogen and oxygen atoms in total. The molecule has 1 aliphatic rings. The second-order valence-corrected chi connectivity index (χ2v) is 5.94. The third-order valence-electron chi connectivity index (χ3n) is 4.03. The number of hydrogen-bond donors (Lipinski definition) is 2. The molecule has 3 atom stereocenters. The zero-order chi connectivity index (χ0) is 14.4. The van der Waals surface area contributed by atoms with E-state index >= 15 is 0 Å². The van der Waals surface area contributed by atoms with E-state index in [1.165, 1.54) is 18.4 Å². The summed E-state index contributed by atoms with van der Waals surface area (Å²) in [6, 6.07) is 0.121. The maximum Gasteiger partial charge on any atom is 0.131 e. The van der Waals surface area contributed by atoms with E-state index in [9.17, 15) is 5.11 Å². The highest BCUT2D eigenvalue weighted by molar-refractivity contribution is 5.32. The van der Waals surface area contributed by atoms with Gasteiger partial charge in [-0.25, -0.2) is 0 Å². The van der Waals surface area contributed by atoms with Gasteiger partial charge in [0.05, 0.1) is 0 Å². The van der Waals surface area contributed by atoms with Crippen molar-refractivity contribution < 1.29 is 5.11 Å². The number of aliphatic hydroxyl groups is 1. The molecule has 0 bridgehead atoms. The molecule has 0 saturated heterocycles. The molecule has 2 heteroatoms. The summed E-state index contributed by atoms with van der Waals surface area (Å²) in [5.74, 6) is 0.763. The maximum atomic E-state index is 10.4. The molecule has 1 aliphatic carbocycles. The summed E-state index contributed by atoms with van der Waals surface area (Å²) < 4.78 is 0. The Hall–Kier alpha value is -0.860. The first-order valence-electron chi connectivity index (χ1n) is 7.38. The standard InChI is InChI=1S/C17H29NO/c1-12(2)15(5)18-17(19)16-11-7-9-13(3)8-6-10-14(16)4/h10-11,13,15,17-19H,1,6-9H2,2-5H3/b14-10+,16-11+. The number of hydrogen-bond acceptors (Lipinski definition) is 2. The molecule has 0 spiro atoms. The third kappa shape index (κ3) is 5.33. The molecule has 1 rings (SSSR count). The molecule has 3 unspecified atom stereocenters. The van der Waals surface area contributed by atoms with Crippen LogP contribution in [-0.4, -0.2) is 17.4 Å². The Balaban J connectivity index is 2.78. The van der Waals surface area contributed by atoms with Gasteiger partial charge in [-0.3, -0.25) is 5.32 Å². The van der Waals surface area contributed by atoms with E-state index in [0.717, 1.165) is 29.9 Å². The van der Waals surface area contributed by atoms with E-state index < -0.39 is 6.23 Å². The van der Waals surface area contributed by atoms with Crippen molar-refractivity contribution in [1.29, 1.82) is 0 Å². The molecule has 0 saturated carbocycles. The van der Waals surface area contributed by atoms with Gasteiger partial charge in [-0.1, -0.05) is 31.2 Å². The highest BCUT2D eigenvalue weighted by Gasteiger charge is 2.16. The summed E-state index contributed by atoms with van der Waals surface area (Å²) >= 11 is 0. The van der Waals surface area contributed by atoms with Crippen LogP contribution in [0.5, 0.6) is 0 Å². The van der Waals surface area contributed by atoms with Gasteiger partial charge < -0.3 is 5.11 Å². The van der Waals surface area contributed by atoms with Crippen LogP contribution in [0.1, 0.15) is 53.4 Å². The average molecular weight is 263 g/mol. The zero-order valence-electron chi connectivity index (χ0n) is 12.9. The number of allylic oxidation sites excluding steroid dienone is 2. The number of aliphatic hydroxyl groups excluding tert-OH is 1. The molecular weight excluding hydrogens is 234 g/mol. The van der Waals surface area contributed by atoms with Gasteiger partial charge in [-0.15, -0.1) is 0 Å². The molecule has 0 fully saturated rings. The molecule has 0 aromatic rings. The first-order chi connectivity index (χ1) is 8.91. The lowest BCUT2D eigenvalue weighted by Gasteiger charge is -2.22. The van der Waals surface area contributed by atoms with E-state index in [1.807, 2.05) is 13.8 Å². The summed E-state index contributed by atoms with van der Waals surface area (Å²) in [6.45, 7) is 12.3. The van der Waals surface area contributed by atoms with Crippen LogP contribution in [0.2, 0.25) is 0 Å². The van der Waals surface area contributed by atoms with Gasteiger partial charge in [-0.05, 0) is 63.5 Å². The van der Waals surface area contributed by atoms with E-state index in [1.54, 1.807) is 0 Å². The van der Waals surface area contributed by atoms with Crippen LogP contribution in [-0.2, 0) is 0 Å². The van der Waals surface area contributed by atoms with Gasteiger partial charge in [0, 0.05) is 6.04 Å². The zero-order valence-corrected chi connectivity index (χ0v) is 12.9. The van der Waals surface area contributed by atoms with Crippen LogP contribution in [0.25, 0.3) is 0 Å². The predicted octanol–water partition coefficient (Wildman–Crippen LogP) is 3.94. The quantitative estimate of drug-likeness (QED) is 0.595. The Morgan fingerprint density at radius 3 is 2.53 bits per heavy atom.